The fraction of sp³-hybridized carbons (Fsp3) is 0.809. The van der Waals surface area contributed by atoms with Gasteiger partial charge in [-0.25, -0.2) is 0 Å². The smallest absolute Gasteiger partial charge is 0.306 e. The van der Waals surface area contributed by atoms with Crippen molar-refractivity contribution < 1.29 is 69.0 Å². The number of carbonyl (C=O) groups excluding carboxylic acids is 1. The summed E-state index contributed by atoms with van der Waals surface area (Å²) in [6.45, 7) is 3.48. The molecule has 14 nitrogen and oxygen atoms in total. The third-order valence-electron chi connectivity index (χ3n) is 10.9. The Labute approximate surface area is 365 Å². The maximum Gasteiger partial charge on any atom is 0.306 e. The van der Waals surface area contributed by atoms with Crippen molar-refractivity contribution in [3.63, 3.8) is 0 Å². The van der Waals surface area contributed by atoms with Crippen molar-refractivity contribution in [2.75, 3.05) is 33.0 Å². The molecule has 61 heavy (non-hydrogen) atoms. The van der Waals surface area contributed by atoms with Crippen molar-refractivity contribution in [1.82, 2.24) is 0 Å². The number of rotatable bonds is 35. The molecular formula is C47H82O14. The van der Waals surface area contributed by atoms with Gasteiger partial charge in [0.25, 0.3) is 0 Å². The van der Waals surface area contributed by atoms with Gasteiger partial charge in [0.15, 0.2) is 12.6 Å². The van der Waals surface area contributed by atoms with E-state index in [4.69, 9.17) is 28.4 Å². The maximum atomic E-state index is 12.9. The monoisotopic (exact) mass is 871 g/mol. The Morgan fingerprint density at radius 2 is 1.07 bits per heavy atom. The van der Waals surface area contributed by atoms with E-state index in [1.807, 2.05) is 0 Å². The zero-order valence-corrected chi connectivity index (χ0v) is 37.1. The second-order valence-corrected chi connectivity index (χ2v) is 16.2. The van der Waals surface area contributed by atoms with Gasteiger partial charge in [-0.15, -0.1) is 0 Å². The fourth-order valence-electron chi connectivity index (χ4n) is 7.04. The number of hydrogen-bond donors (Lipinski definition) is 7. The van der Waals surface area contributed by atoms with E-state index in [0.29, 0.717) is 13.0 Å². The van der Waals surface area contributed by atoms with Crippen LogP contribution in [0.2, 0.25) is 0 Å². The molecule has 0 aromatic carbocycles. The van der Waals surface area contributed by atoms with E-state index in [1.165, 1.54) is 32.1 Å². The van der Waals surface area contributed by atoms with Crippen molar-refractivity contribution in [1.29, 1.82) is 0 Å². The standard InChI is InChI=1S/C47H82O14/c1-3-5-7-9-11-13-14-15-16-17-18-19-20-21-23-25-27-29-31-56-33-36(59-39(49)30-28-26-24-22-12-10-8-6-4-2)34-57-46-45(55)43(53)41(51)38(61-46)35-58-47-44(54)42(52)40(50)37(32-48)60-47/h5,7,11,13,15-16,18-19,36-38,40-48,50-55H,3-4,6,8-10,12,14,17,20-35H2,1-2H3/b7-5-,13-11-,16-15-,19-18-. The van der Waals surface area contributed by atoms with Gasteiger partial charge in [-0.3, -0.25) is 4.79 Å². The Balaban J connectivity index is 1.79. The summed E-state index contributed by atoms with van der Waals surface area (Å²) in [7, 11) is 0. The first-order chi connectivity index (χ1) is 29.6. The summed E-state index contributed by atoms with van der Waals surface area (Å²) in [5, 5.41) is 71.9. The average Bonchev–Trinajstić information content (AvgIpc) is 3.25. The average molecular weight is 871 g/mol. The van der Waals surface area contributed by atoms with Crippen LogP contribution in [0.15, 0.2) is 48.6 Å². The van der Waals surface area contributed by atoms with Crippen molar-refractivity contribution in [2.24, 2.45) is 0 Å². The number of carbonyl (C=O) groups is 1. The molecule has 2 heterocycles. The molecule has 0 aliphatic carbocycles. The lowest BCUT2D eigenvalue weighted by Crippen LogP contribution is -2.61. The first-order valence-corrected chi connectivity index (χ1v) is 23.2. The van der Waals surface area contributed by atoms with Gasteiger partial charge < -0.3 is 64.2 Å². The van der Waals surface area contributed by atoms with Gasteiger partial charge >= 0.3 is 5.97 Å². The highest BCUT2D eigenvalue weighted by Crippen LogP contribution is 2.26. The Hall–Kier alpha value is -2.05. The van der Waals surface area contributed by atoms with Crippen molar-refractivity contribution >= 4 is 5.97 Å². The highest BCUT2D eigenvalue weighted by atomic mass is 16.7. The van der Waals surface area contributed by atoms with Crippen molar-refractivity contribution in [3.05, 3.63) is 48.6 Å². The summed E-state index contributed by atoms with van der Waals surface area (Å²) >= 11 is 0. The van der Waals surface area contributed by atoms with Gasteiger partial charge in [0, 0.05) is 13.0 Å². The van der Waals surface area contributed by atoms with E-state index in [2.05, 4.69) is 62.5 Å². The second-order valence-electron chi connectivity index (χ2n) is 16.2. The second kappa shape index (κ2) is 35.3. The lowest BCUT2D eigenvalue weighted by molar-refractivity contribution is -0.332. The summed E-state index contributed by atoms with van der Waals surface area (Å²) in [5.74, 6) is -0.389. The molecule has 0 bridgehead atoms. The van der Waals surface area contributed by atoms with Crippen LogP contribution in [0, 0.1) is 0 Å². The van der Waals surface area contributed by atoms with Crippen LogP contribution < -0.4 is 0 Å². The first kappa shape index (κ1) is 55.1. The van der Waals surface area contributed by atoms with E-state index in [9.17, 15) is 40.5 Å². The zero-order chi connectivity index (χ0) is 44.5. The largest absolute Gasteiger partial charge is 0.457 e. The molecule has 0 aromatic heterocycles. The number of aliphatic hydroxyl groups is 7. The van der Waals surface area contributed by atoms with Crippen LogP contribution in [0.4, 0.5) is 0 Å². The topological polar surface area (TPSA) is 214 Å². The van der Waals surface area contributed by atoms with Crippen molar-refractivity contribution in [3.8, 4) is 0 Å². The van der Waals surface area contributed by atoms with E-state index >= 15 is 0 Å². The number of ether oxygens (including phenoxy) is 6. The van der Waals surface area contributed by atoms with Gasteiger partial charge in [0.1, 0.15) is 54.9 Å². The Morgan fingerprint density at radius 1 is 0.557 bits per heavy atom. The van der Waals surface area contributed by atoms with Gasteiger partial charge in [-0.2, -0.15) is 0 Å². The van der Waals surface area contributed by atoms with Crippen LogP contribution in [0.1, 0.15) is 142 Å². The lowest BCUT2D eigenvalue weighted by Gasteiger charge is -2.42. The van der Waals surface area contributed by atoms with Gasteiger partial charge in [0.2, 0.25) is 0 Å². The molecule has 11 atom stereocenters. The van der Waals surface area contributed by atoms with Gasteiger partial charge in [-0.1, -0.05) is 133 Å². The fourth-order valence-corrected chi connectivity index (χ4v) is 7.04. The molecule has 0 spiro atoms. The zero-order valence-electron chi connectivity index (χ0n) is 37.1. The summed E-state index contributed by atoms with van der Waals surface area (Å²) in [4.78, 5) is 12.9. The molecule has 0 radical (unpaired) electrons. The van der Waals surface area contributed by atoms with Crippen LogP contribution >= 0.6 is 0 Å². The predicted octanol–water partition coefficient (Wildman–Crippen LogP) is 5.62. The summed E-state index contributed by atoms with van der Waals surface area (Å²) in [6, 6.07) is 0. The molecule has 0 amide bonds. The van der Waals surface area contributed by atoms with E-state index in [0.717, 1.165) is 83.5 Å². The lowest BCUT2D eigenvalue weighted by atomic mass is 9.98. The van der Waals surface area contributed by atoms with Crippen LogP contribution in [0.3, 0.4) is 0 Å². The Kier molecular flexibility index (Phi) is 31.9. The first-order valence-electron chi connectivity index (χ1n) is 23.2. The number of esters is 1. The van der Waals surface area contributed by atoms with Crippen LogP contribution in [0.25, 0.3) is 0 Å². The highest BCUT2D eigenvalue weighted by molar-refractivity contribution is 5.69. The Morgan fingerprint density at radius 3 is 1.67 bits per heavy atom. The van der Waals surface area contributed by atoms with Gasteiger partial charge in [0.05, 0.1) is 26.4 Å². The molecular weight excluding hydrogens is 789 g/mol. The Bertz CT molecular complexity index is 1190. The minimum Gasteiger partial charge on any atom is -0.457 e. The third kappa shape index (κ3) is 24.0. The van der Waals surface area contributed by atoms with Crippen LogP contribution in [-0.2, 0) is 33.2 Å². The number of allylic oxidation sites excluding steroid dienone is 8. The van der Waals surface area contributed by atoms with Crippen molar-refractivity contribution in [2.45, 2.75) is 210 Å². The molecule has 2 saturated heterocycles. The normalized spacial score (nSPS) is 27.9. The summed E-state index contributed by atoms with van der Waals surface area (Å²) < 4.78 is 34.1. The number of aliphatic hydroxyl groups excluding tert-OH is 7. The molecule has 0 aromatic rings. The quantitative estimate of drug-likeness (QED) is 0.0234. The minimum absolute atomic E-state index is 0.0486. The maximum absolute atomic E-state index is 12.9. The third-order valence-corrected chi connectivity index (χ3v) is 10.9. The number of unbranched alkanes of at least 4 members (excludes halogenated alkanes) is 13. The molecule has 2 fully saturated rings. The SMILES string of the molecule is CC/C=C\C/C=C\C/C=C\C/C=C\CCCCCCCOCC(COC1OC(COC2OC(CO)C(O)C(O)C2O)C(O)C(O)C1O)OC(=O)CCCCCCCCCCC. The van der Waals surface area contributed by atoms with Crippen LogP contribution in [0.5, 0.6) is 0 Å². The molecule has 354 valence electrons. The van der Waals surface area contributed by atoms with E-state index < -0.39 is 80.7 Å². The molecule has 7 N–H and O–H groups in total. The molecule has 0 saturated carbocycles. The van der Waals surface area contributed by atoms with Gasteiger partial charge in [-0.05, 0) is 51.4 Å². The molecule has 2 aliphatic rings. The summed E-state index contributed by atoms with van der Waals surface area (Å²) in [5.41, 5.74) is 0. The molecule has 11 unspecified atom stereocenters. The van der Waals surface area contributed by atoms with E-state index in [1.54, 1.807) is 0 Å². The molecule has 2 rings (SSSR count). The highest BCUT2D eigenvalue weighted by Gasteiger charge is 2.47. The molecule has 14 heteroatoms. The minimum atomic E-state index is -1.71. The van der Waals surface area contributed by atoms with E-state index in [-0.39, 0.29) is 25.6 Å². The number of hydrogen-bond acceptors (Lipinski definition) is 14. The van der Waals surface area contributed by atoms with Crippen LogP contribution in [-0.4, -0.2) is 142 Å². The molecule has 2 aliphatic heterocycles. The summed E-state index contributed by atoms with van der Waals surface area (Å²) in [6.07, 6.45) is 21.9. The predicted molar refractivity (Wildman–Crippen MR) is 233 cm³/mol.